The van der Waals surface area contributed by atoms with Crippen LogP contribution in [-0.4, -0.2) is 38.2 Å². The molecule has 19 heavy (non-hydrogen) atoms. The lowest BCUT2D eigenvalue weighted by molar-refractivity contribution is 0.354. The van der Waals surface area contributed by atoms with Gasteiger partial charge in [-0.25, -0.2) is 0 Å². The van der Waals surface area contributed by atoms with E-state index in [0.717, 1.165) is 30.8 Å². The number of hydrogen-bond acceptors (Lipinski definition) is 3. The molecule has 0 aromatic heterocycles. The van der Waals surface area contributed by atoms with Gasteiger partial charge in [0.15, 0.2) is 0 Å². The summed E-state index contributed by atoms with van der Waals surface area (Å²) in [7, 11) is 4.19. The van der Waals surface area contributed by atoms with Gasteiger partial charge in [0.2, 0.25) is 0 Å². The van der Waals surface area contributed by atoms with Crippen molar-refractivity contribution in [1.82, 2.24) is 10.2 Å². The predicted octanol–water partition coefficient (Wildman–Crippen LogP) is 2.13. The fourth-order valence-corrected chi connectivity index (χ4v) is 1.75. The minimum absolute atomic E-state index is 0.313. The zero-order chi connectivity index (χ0) is 14.1. The number of terminal acetylenes is 1. The lowest BCUT2D eigenvalue weighted by atomic mass is 10.1. The number of rotatable bonds is 8. The highest BCUT2D eigenvalue weighted by Crippen LogP contribution is 2.17. The van der Waals surface area contributed by atoms with Crippen LogP contribution in [0, 0.1) is 12.3 Å². The molecular weight excluding hydrogens is 236 g/mol. The van der Waals surface area contributed by atoms with Crippen LogP contribution in [0.15, 0.2) is 24.3 Å². The summed E-state index contributed by atoms with van der Waals surface area (Å²) in [5, 5.41) is 3.51. The molecule has 1 unspecified atom stereocenters. The zero-order valence-electron chi connectivity index (χ0n) is 12.1. The maximum absolute atomic E-state index is 5.53. The summed E-state index contributed by atoms with van der Waals surface area (Å²) in [5.74, 6) is 3.36. The Morgan fingerprint density at radius 1 is 1.37 bits per heavy atom. The van der Waals surface area contributed by atoms with Gasteiger partial charge in [-0.15, -0.1) is 6.42 Å². The monoisotopic (exact) mass is 260 g/mol. The Bertz CT molecular complexity index is 409. The molecule has 1 aromatic rings. The van der Waals surface area contributed by atoms with Crippen molar-refractivity contribution < 1.29 is 4.74 Å². The number of nitrogens with zero attached hydrogens (tertiary/aromatic N) is 1. The van der Waals surface area contributed by atoms with E-state index in [1.807, 2.05) is 18.2 Å². The highest BCUT2D eigenvalue weighted by molar-refractivity contribution is 5.33. The van der Waals surface area contributed by atoms with Gasteiger partial charge in [-0.3, -0.25) is 0 Å². The van der Waals surface area contributed by atoms with Crippen molar-refractivity contribution in [3.8, 4) is 18.1 Å². The molecule has 1 atom stereocenters. The van der Waals surface area contributed by atoms with Gasteiger partial charge in [-0.2, -0.15) is 0 Å². The van der Waals surface area contributed by atoms with E-state index in [1.54, 1.807) is 0 Å². The molecule has 0 aliphatic heterocycles. The first-order valence-corrected chi connectivity index (χ1v) is 6.65. The molecule has 1 N–H and O–H groups in total. The molecule has 0 saturated heterocycles. The molecule has 1 rings (SSSR count). The van der Waals surface area contributed by atoms with Crippen LogP contribution in [0.5, 0.6) is 5.75 Å². The number of ether oxygens (including phenoxy) is 1. The molecule has 1 aromatic carbocycles. The molecule has 0 spiro atoms. The normalized spacial score (nSPS) is 12.2. The summed E-state index contributed by atoms with van der Waals surface area (Å²) >= 11 is 0. The second-order valence-electron chi connectivity index (χ2n) is 4.97. The minimum atomic E-state index is 0.313. The Labute approximate surface area is 117 Å². The van der Waals surface area contributed by atoms with Crippen LogP contribution < -0.4 is 10.1 Å². The van der Waals surface area contributed by atoms with Crippen LogP contribution in [0.2, 0.25) is 0 Å². The predicted molar refractivity (Wildman–Crippen MR) is 80.2 cm³/mol. The summed E-state index contributed by atoms with van der Waals surface area (Å²) in [6.07, 6.45) is 6.35. The quantitative estimate of drug-likeness (QED) is 0.725. The maximum Gasteiger partial charge on any atom is 0.148 e. The molecule has 0 heterocycles. The lowest BCUT2D eigenvalue weighted by Crippen LogP contribution is -2.29. The summed E-state index contributed by atoms with van der Waals surface area (Å²) in [6, 6.07) is 8.48. The molecule has 3 heteroatoms. The molecule has 3 nitrogen and oxygen atoms in total. The minimum Gasteiger partial charge on any atom is -0.481 e. The van der Waals surface area contributed by atoms with E-state index in [9.17, 15) is 0 Å². The SMILES string of the molecule is C#CCOc1ccccc1CNC(C)CCN(C)C. The van der Waals surface area contributed by atoms with Gasteiger partial charge < -0.3 is 15.0 Å². The Morgan fingerprint density at radius 2 is 2.11 bits per heavy atom. The second-order valence-corrected chi connectivity index (χ2v) is 4.97. The fraction of sp³-hybridized carbons (Fsp3) is 0.500. The van der Waals surface area contributed by atoms with Gasteiger partial charge in [0, 0.05) is 18.2 Å². The highest BCUT2D eigenvalue weighted by Gasteiger charge is 2.06. The Hall–Kier alpha value is -1.50. The van der Waals surface area contributed by atoms with Crippen LogP contribution >= 0.6 is 0 Å². The molecule has 0 aliphatic rings. The first kappa shape index (κ1) is 15.6. The highest BCUT2D eigenvalue weighted by atomic mass is 16.5. The standard InChI is InChI=1S/C16H24N2O/c1-5-12-19-16-9-7-6-8-15(16)13-17-14(2)10-11-18(3)4/h1,6-9,14,17H,10-13H2,2-4H3. The molecule has 0 bridgehead atoms. The largest absolute Gasteiger partial charge is 0.481 e. The van der Waals surface area contributed by atoms with Gasteiger partial charge in [0.05, 0.1) is 0 Å². The number of nitrogens with one attached hydrogen (secondary N) is 1. The summed E-state index contributed by atoms with van der Waals surface area (Å²) in [4.78, 5) is 2.20. The van der Waals surface area contributed by atoms with Crippen molar-refractivity contribution in [2.75, 3.05) is 27.2 Å². The van der Waals surface area contributed by atoms with E-state index < -0.39 is 0 Å². The van der Waals surface area contributed by atoms with E-state index >= 15 is 0 Å². The van der Waals surface area contributed by atoms with E-state index in [2.05, 4.69) is 43.2 Å². The zero-order valence-corrected chi connectivity index (χ0v) is 12.1. The lowest BCUT2D eigenvalue weighted by Gasteiger charge is -2.17. The van der Waals surface area contributed by atoms with Crippen LogP contribution in [0.4, 0.5) is 0 Å². The molecule has 104 valence electrons. The summed E-state index contributed by atoms with van der Waals surface area (Å²) in [6.45, 7) is 4.40. The van der Waals surface area contributed by atoms with Crippen molar-refractivity contribution in [1.29, 1.82) is 0 Å². The molecule has 0 aliphatic carbocycles. The van der Waals surface area contributed by atoms with E-state index in [1.165, 1.54) is 0 Å². The van der Waals surface area contributed by atoms with Gasteiger partial charge in [0.1, 0.15) is 12.4 Å². The molecule has 0 radical (unpaired) electrons. The first-order chi connectivity index (χ1) is 9.13. The Kier molecular flexibility index (Phi) is 7.02. The van der Waals surface area contributed by atoms with Gasteiger partial charge in [-0.1, -0.05) is 24.1 Å². The van der Waals surface area contributed by atoms with Crippen LogP contribution in [0.1, 0.15) is 18.9 Å². The third-order valence-corrected chi connectivity index (χ3v) is 2.93. The maximum atomic E-state index is 5.53. The first-order valence-electron chi connectivity index (χ1n) is 6.65. The number of para-hydroxylation sites is 1. The van der Waals surface area contributed by atoms with Crippen molar-refractivity contribution >= 4 is 0 Å². The van der Waals surface area contributed by atoms with Crippen LogP contribution in [0.3, 0.4) is 0 Å². The number of hydrogen-bond donors (Lipinski definition) is 1. The second kappa shape index (κ2) is 8.58. The molecule has 0 saturated carbocycles. The van der Waals surface area contributed by atoms with Crippen molar-refractivity contribution in [2.24, 2.45) is 0 Å². The Balaban J connectivity index is 2.46. The number of benzene rings is 1. The van der Waals surface area contributed by atoms with Crippen LogP contribution in [0.25, 0.3) is 0 Å². The van der Waals surface area contributed by atoms with Crippen molar-refractivity contribution in [3.63, 3.8) is 0 Å². The van der Waals surface area contributed by atoms with Gasteiger partial charge in [-0.05, 0) is 40.1 Å². The Morgan fingerprint density at radius 3 is 2.79 bits per heavy atom. The van der Waals surface area contributed by atoms with E-state index in [-0.39, 0.29) is 0 Å². The smallest absolute Gasteiger partial charge is 0.148 e. The fourth-order valence-electron chi connectivity index (χ4n) is 1.75. The third kappa shape index (κ3) is 6.28. The van der Waals surface area contributed by atoms with Crippen molar-refractivity contribution in [3.05, 3.63) is 29.8 Å². The third-order valence-electron chi connectivity index (χ3n) is 2.93. The van der Waals surface area contributed by atoms with Crippen LogP contribution in [-0.2, 0) is 6.54 Å². The topological polar surface area (TPSA) is 24.5 Å². The summed E-state index contributed by atoms with van der Waals surface area (Å²) < 4.78 is 5.53. The average Bonchev–Trinajstić information content (AvgIpc) is 2.41. The van der Waals surface area contributed by atoms with Gasteiger partial charge in [0.25, 0.3) is 0 Å². The molecular formula is C16H24N2O. The average molecular weight is 260 g/mol. The van der Waals surface area contributed by atoms with E-state index in [0.29, 0.717) is 12.6 Å². The van der Waals surface area contributed by atoms with E-state index in [4.69, 9.17) is 11.2 Å². The van der Waals surface area contributed by atoms with Crippen molar-refractivity contribution in [2.45, 2.75) is 25.9 Å². The summed E-state index contributed by atoms with van der Waals surface area (Å²) in [5.41, 5.74) is 1.15. The molecule has 0 amide bonds. The molecule has 0 fully saturated rings. The van der Waals surface area contributed by atoms with Gasteiger partial charge >= 0.3 is 0 Å².